The Balaban J connectivity index is 2.00. The third-order valence-electron chi connectivity index (χ3n) is 3.92. The highest BCUT2D eigenvalue weighted by Crippen LogP contribution is 2.36. The van der Waals surface area contributed by atoms with E-state index in [1.165, 1.54) is 11.3 Å². The van der Waals surface area contributed by atoms with Gasteiger partial charge in [0.15, 0.2) is 0 Å². The van der Waals surface area contributed by atoms with E-state index >= 15 is 0 Å². The molecule has 118 valence electrons. The zero-order valence-corrected chi connectivity index (χ0v) is 13.3. The van der Waals surface area contributed by atoms with Crippen molar-refractivity contribution in [2.45, 2.75) is 0 Å². The molecule has 0 aliphatic rings. The quantitative estimate of drug-likeness (QED) is 0.522. The van der Waals surface area contributed by atoms with Crippen molar-refractivity contribution in [3.05, 3.63) is 64.5 Å². The standard InChI is InChI=1S/C18H13N3O2S/c19-13-5-6-20-9-12(13)10-3-4-14-11(8-10)17(22)16(18(23)21-14)15-2-1-7-24-15/h1-9H,(H2,19,20)(H2,21,22,23). The number of benzene rings is 1. The van der Waals surface area contributed by atoms with Crippen molar-refractivity contribution in [2.24, 2.45) is 0 Å². The fourth-order valence-corrected chi connectivity index (χ4v) is 3.51. The number of hydrogen-bond acceptors (Lipinski definition) is 5. The first-order chi connectivity index (χ1) is 11.6. The number of H-pyrrole nitrogens is 1. The normalized spacial score (nSPS) is 11.0. The van der Waals surface area contributed by atoms with Crippen molar-refractivity contribution < 1.29 is 5.11 Å². The summed E-state index contributed by atoms with van der Waals surface area (Å²) in [7, 11) is 0. The molecule has 0 radical (unpaired) electrons. The SMILES string of the molecule is Nc1ccncc1-c1ccc2[nH]c(=O)c(-c3cccs3)c(O)c2c1. The Bertz CT molecular complexity index is 1100. The van der Waals surface area contributed by atoms with Gasteiger partial charge in [-0.2, -0.15) is 0 Å². The lowest BCUT2D eigenvalue weighted by atomic mass is 10.0. The molecule has 1 aromatic carbocycles. The van der Waals surface area contributed by atoms with Gasteiger partial charge in [0.05, 0.1) is 11.1 Å². The van der Waals surface area contributed by atoms with Crippen LogP contribution in [0.1, 0.15) is 0 Å². The summed E-state index contributed by atoms with van der Waals surface area (Å²) in [6.07, 6.45) is 3.31. The molecule has 6 heteroatoms. The van der Waals surface area contributed by atoms with Gasteiger partial charge >= 0.3 is 0 Å². The lowest BCUT2D eigenvalue weighted by Crippen LogP contribution is -2.08. The number of nitrogens with zero attached hydrogens (tertiary/aromatic N) is 1. The molecule has 0 fully saturated rings. The minimum Gasteiger partial charge on any atom is -0.506 e. The van der Waals surface area contributed by atoms with Gasteiger partial charge in [-0.1, -0.05) is 12.1 Å². The first kappa shape index (κ1) is 14.5. The molecule has 5 nitrogen and oxygen atoms in total. The first-order valence-corrected chi connectivity index (χ1v) is 8.16. The molecule has 0 aliphatic carbocycles. The number of fused-ring (bicyclic) bond motifs is 1. The predicted molar refractivity (Wildman–Crippen MR) is 97.2 cm³/mol. The second-order valence-corrected chi connectivity index (χ2v) is 6.33. The van der Waals surface area contributed by atoms with Gasteiger partial charge in [-0.15, -0.1) is 11.3 Å². The fraction of sp³-hybridized carbons (Fsp3) is 0. The Morgan fingerprint density at radius 2 is 2.08 bits per heavy atom. The maximum Gasteiger partial charge on any atom is 0.260 e. The Hall–Kier alpha value is -3.12. The van der Waals surface area contributed by atoms with Gasteiger partial charge in [-0.25, -0.2) is 0 Å². The topological polar surface area (TPSA) is 92.0 Å². The van der Waals surface area contributed by atoms with Gasteiger partial charge in [0.25, 0.3) is 5.56 Å². The van der Waals surface area contributed by atoms with Crippen LogP contribution >= 0.6 is 11.3 Å². The van der Waals surface area contributed by atoms with Crippen molar-refractivity contribution in [1.82, 2.24) is 9.97 Å². The minimum absolute atomic E-state index is 0.0273. The zero-order chi connectivity index (χ0) is 16.7. The minimum atomic E-state index is -0.309. The summed E-state index contributed by atoms with van der Waals surface area (Å²) < 4.78 is 0. The molecule has 4 aromatic rings. The number of nitrogens with one attached hydrogen (secondary N) is 1. The molecule has 3 heterocycles. The summed E-state index contributed by atoms with van der Waals surface area (Å²) in [6.45, 7) is 0. The molecule has 24 heavy (non-hydrogen) atoms. The van der Waals surface area contributed by atoms with Crippen LogP contribution in [0.2, 0.25) is 0 Å². The van der Waals surface area contributed by atoms with Crippen LogP contribution in [0.15, 0.2) is 59.0 Å². The van der Waals surface area contributed by atoms with Crippen LogP contribution in [0.25, 0.3) is 32.5 Å². The molecule has 0 aliphatic heterocycles. The smallest absolute Gasteiger partial charge is 0.260 e. The van der Waals surface area contributed by atoms with E-state index in [1.807, 2.05) is 29.6 Å². The van der Waals surface area contributed by atoms with Gasteiger partial charge in [-0.3, -0.25) is 9.78 Å². The van der Waals surface area contributed by atoms with E-state index in [9.17, 15) is 9.90 Å². The van der Waals surface area contributed by atoms with E-state index in [2.05, 4.69) is 9.97 Å². The average molecular weight is 335 g/mol. The summed E-state index contributed by atoms with van der Waals surface area (Å²) in [4.78, 5) is 20.0. The molecule has 0 saturated carbocycles. The molecule has 0 saturated heterocycles. The monoisotopic (exact) mass is 335 g/mol. The van der Waals surface area contributed by atoms with Crippen molar-refractivity contribution in [3.63, 3.8) is 0 Å². The summed E-state index contributed by atoms with van der Waals surface area (Å²) in [5, 5.41) is 13.1. The van der Waals surface area contributed by atoms with Crippen LogP contribution in [0.3, 0.4) is 0 Å². The maximum atomic E-state index is 12.3. The lowest BCUT2D eigenvalue weighted by Gasteiger charge is -2.09. The number of nitrogen functional groups attached to an aromatic ring is 1. The second kappa shape index (κ2) is 5.50. The van der Waals surface area contributed by atoms with Gasteiger partial charge in [-0.05, 0) is 35.2 Å². The zero-order valence-electron chi connectivity index (χ0n) is 12.5. The highest BCUT2D eigenvalue weighted by Gasteiger charge is 2.15. The molecular weight excluding hydrogens is 322 g/mol. The van der Waals surface area contributed by atoms with Crippen molar-refractivity contribution in [3.8, 4) is 27.3 Å². The van der Waals surface area contributed by atoms with Crippen LogP contribution in [-0.4, -0.2) is 15.1 Å². The number of aromatic amines is 1. The number of nitrogens with two attached hydrogens (primary N) is 1. The van der Waals surface area contributed by atoms with Gasteiger partial charge in [0.1, 0.15) is 5.75 Å². The maximum absolute atomic E-state index is 12.3. The van der Waals surface area contributed by atoms with Crippen molar-refractivity contribution >= 4 is 27.9 Å². The summed E-state index contributed by atoms with van der Waals surface area (Å²) in [5.41, 5.74) is 8.77. The van der Waals surface area contributed by atoms with Crippen LogP contribution in [0.5, 0.6) is 5.75 Å². The highest BCUT2D eigenvalue weighted by atomic mass is 32.1. The Labute approximate surface area is 141 Å². The van der Waals surface area contributed by atoms with Gasteiger partial charge in [0.2, 0.25) is 0 Å². The summed E-state index contributed by atoms with van der Waals surface area (Å²) in [6, 6.07) is 10.8. The lowest BCUT2D eigenvalue weighted by molar-refractivity contribution is 0.483. The van der Waals surface area contributed by atoms with Gasteiger partial charge in [0, 0.05) is 33.9 Å². The van der Waals surface area contributed by atoms with E-state index in [-0.39, 0.29) is 16.9 Å². The third-order valence-corrected chi connectivity index (χ3v) is 4.81. The van der Waals surface area contributed by atoms with Crippen molar-refractivity contribution in [2.75, 3.05) is 5.73 Å². The molecule has 3 aromatic heterocycles. The highest BCUT2D eigenvalue weighted by molar-refractivity contribution is 7.13. The fourth-order valence-electron chi connectivity index (χ4n) is 2.74. The Morgan fingerprint density at radius 3 is 2.83 bits per heavy atom. The number of rotatable bonds is 2. The Morgan fingerprint density at radius 1 is 1.21 bits per heavy atom. The van der Waals surface area contributed by atoms with Crippen LogP contribution in [0, 0.1) is 0 Å². The number of hydrogen-bond donors (Lipinski definition) is 3. The molecule has 0 amide bonds. The van der Waals surface area contributed by atoms with Crippen LogP contribution < -0.4 is 11.3 Å². The third kappa shape index (κ3) is 2.24. The molecule has 0 unspecified atom stereocenters. The molecule has 4 N–H and O–H groups in total. The van der Waals surface area contributed by atoms with E-state index < -0.39 is 0 Å². The number of aromatic nitrogens is 2. The molecule has 0 bridgehead atoms. The number of pyridine rings is 2. The molecule has 4 rings (SSSR count). The first-order valence-electron chi connectivity index (χ1n) is 7.28. The van der Waals surface area contributed by atoms with Gasteiger partial charge < -0.3 is 15.8 Å². The van der Waals surface area contributed by atoms with E-state index in [0.29, 0.717) is 16.6 Å². The van der Waals surface area contributed by atoms with Crippen LogP contribution in [0.4, 0.5) is 5.69 Å². The number of aromatic hydroxyl groups is 1. The number of thiophene rings is 1. The largest absolute Gasteiger partial charge is 0.506 e. The molecule has 0 spiro atoms. The van der Waals surface area contributed by atoms with Crippen LogP contribution in [-0.2, 0) is 0 Å². The van der Waals surface area contributed by atoms with E-state index in [1.54, 1.807) is 24.5 Å². The second-order valence-electron chi connectivity index (χ2n) is 5.38. The number of anilines is 1. The summed E-state index contributed by atoms with van der Waals surface area (Å²) >= 11 is 1.41. The Kier molecular flexibility index (Phi) is 3.32. The van der Waals surface area contributed by atoms with Crippen molar-refractivity contribution in [1.29, 1.82) is 0 Å². The summed E-state index contributed by atoms with van der Waals surface area (Å²) in [5.74, 6) is -0.0273. The van der Waals surface area contributed by atoms with E-state index in [4.69, 9.17) is 5.73 Å². The average Bonchev–Trinajstić information content (AvgIpc) is 3.09. The van der Waals surface area contributed by atoms with E-state index in [0.717, 1.165) is 16.0 Å². The predicted octanol–water partition coefficient (Wildman–Crippen LogP) is 3.61. The molecular formula is C18H13N3O2S. The molecule has 0 atom stereocenters.